The molecule has 2 aliphatic rings. The molecule has 1 amide bonds. The molecule has 2 aromatic carbocycles. The van der Waals surface area contributed by atoms with Crippen LogP contribution in [0.1, 0.15) is 43.2 Å². The van der Waals surface area contributed by atoms with Crippen LogP contribution in [0.15, 0.2) is 47.4 Å². The number of amides is 1. The number of carbonyl (C=O) groups excluding carboxylic acids is 1. The molecule has 1 fully saturated rings. The van der Waals surface area contributed by atoms with Crippen LogP contribution in [0.25, 0.3) is 0 Å². The van der Waals surface area contributed by atoms with Crippen molar-refractivity contribution >= 4 is 27.3 Å². The number of piperidine rings is 1. The van der Waals surface area contributed by atoms with E-state index in [1.54, 1.807) is 6.92 Å². The summed E-state index contributed by atoms with van der Waals surface area (Å²) in [5.74, 6) is 0.211. The van der Waals surface area contributed by atoms with Crippen LogP contribution < -0.4 is 4.90 Å². The Labute approximate surface area is 188 Å². The molecule has 1 saturated heterocycles. The van der Waals surface area contributed by atoms with Gasteiger partial charge < -0.3 is 4.90 Å². The molecule has 0 N–H and O–H groups in total. The summed E-state index contributed by atoms with van der Waals surface area (Å²) in [5, 5.41) is 11.1. The highest BCUT2D eigenvalue weighted by Crippen LogP contribution is 2.37. The molecule has 8 nitrogen and oxygen atoms in total. The van der Waals surface area contributed by atoms with Crippen molar-refractivity contribution in [1.29, 1.82) is 0 Å². The minimum absolute atomic E-state index is 0.0459. The average molecular weight is 458 g/mol. The summed E-state index contributed by atoms with van der Waals surface area (Å²) in [6.07, 6.45) is 1.77. The van der Waals surface area contributed by atoms with Gasteiger partial charge in [-0.1, -0.05) is 31.2 Å². The Bertz CT molecular complexity index is 1160. The van der Waals surface area contributed by atoms with E-state index in [1.807, 2.05) is 23.1 Å². The number of sulfonamides is 1. The van der Waals surface area contributed by atoms with E-state index in [4.69, 9.17) is 0 Å². The van der Waals surface area contributed by atoms with Gasteiger partial charge in [0.25, 0.3) is 5.69 Å². The second-order valence-corrected chi connectivity index (χ2v) is 10.5. The highest BCUT2D eigenvalue weighted by Gasteiger charge is 2.36. The molecular weight excluding hydrogens is 430 g/mol. The summed E-state index contributed by atoms with van der Waals surface area (Å²) >= 11 is 0. The van der Waals surface area contributed by atoms with Crippen LogP contribution in [0.5, 0.6) is 0 Å². The number of para-hydroxylation sites is 1. The van der Waals surface area contributed by atoms with E-state index >= 15 is 0 Å². The first-order valence-corrected chi connectivity index (χ1v) is 12.3. The van der Waals surface area contributed by atoms with Gasteiger partial charge in [-0.2, -0.15) is 4.31 Å². The summed E-state index contributed by atoms with van der Waals surface area (Å²) < 4.78 is 27.7. The van der Waals surface area contributed by atoms with Gasteiger partial charge in [-0.15, -0.1) is 0 Å². The molecular formula is C23H27N3O5S. The lowest BCUT2D eigenvalue weighted by Crippen LogP contribution is -2.46. The molecule has 0 bridgehead atoms. The largest absolute Gasteiger partial charge is 0.312 e. The van der Waals surface area contributed by atoms with E-state index in [-0.39, 0.29) is 35.5 Å². The first-order chi connectivity index (χ1) is 15.2. The maximum atomic E-state index is 13.3. The smallest absolute Gasteiger partial charge is 0.270 e. The molecule has 9 heteroatoms. The number of anilines is 1. The van der Waals surface area contributed by atoms with Gasteiger partial charge in [-0.3, -0.25) is 14.9 Å². The van der Waals surface area contributed by atoms with Gasteiger partial charge in [0.1, 0.15) is 0 Å². The lowest BCUT2D eigenvalue weighted by Gasteiger charge is -2.37. The predicted molar refractivity (Wildman–Crippen MR) is 121 cm³/mol. The minimum Gasteiger partial charge on any atom is -0.312 e. The average Bonchev–Trinajstić information content (AvgIpc) is 2.79. The number of nitrogens with zero attached hydrogens (tertiary/aromatic N) is 3. The predicted octanol–water partition coefficient (Wildman–Crippen LogP) is 3.84. The Morgan fingerprint density at radius 2 is 1.75 bits per heavy atom. The van der Waals surface area contributed by atoms with Crippen LogP contribution in [0.2, 0.25) is 0 Å². The number of hydrogen-bond acceptors (Lipinski definition) is 5. The highest BCUT2D eigenvalue weighted by molar-refractivity contribution is 7.89. The minimum atomic E-state index is -3.87. The molecule has 4 rings (SSSR count). The second-order valence-electron chi connectivity index (χ2n) is 8.62. The summed E-state index contributed by atoms with van der Waals surface area (Å²) in [5.41, 5.74) is 2.34. The van der Waals surface area contributed by atoms with Gasteiger partial charge in [0.2, 0.25) is 15.9 Å². The first-order valence-electron chi connectivity index (χ1n) is 10.9. The van der Waals surface area contributed by atoms with Crippen molar-refractivity contribution in [2.75, 3.05) is 24.5 Å². The number of rotatable bonds is 4. The van der Waals surface area contributed by atoms with E-state index < -0.39 is 14.9 Å². The molecule has 0 spiro atoms. The quantitative estimate of drug-likeness (QED) is 0.513. The number of carbonyl (C=O) groups is 1. The standard InChI is InChI=1S/C23H27N3O5S/c1-16-9-14-25(21-6-4-3-5-20(16)21)23(27)18-10-12-24(13-11-18)32(30,31)22-15-19(26(28)29)8-7-17(22)2/h3-8,15-16,18H,9-14H2,1-2H3. The van der Waals surface area contributed by atoms with Crippen molar-refractivity contribution in [2.45, 2.75) is 43.9 Å². The summed E-state index contributed by atoms with van der Waals surface area (Å²) in [4.78, 5) is 25.6. The zero-order valence-corrected chi connectivity index (χ0v) is 19.0. The van der Waals surface area contributed by atoms with Gasteiger partial charge in [0.05, 0.1) is 9.82 Å². The van der Waals surface area contributed by atoms with E-state index in [9.17, 15) is 23.3 Å². The first kappa shape index (κ1) is 22.4. The normalized spacial score (nSPS) is 20.1. The van der Waals surface area contributed by atoms with Crippen LogP contribution in [0.4, 0.5) is 11.4 Å². The third kappa shape index (κ3) is 4.02. The molecule has 2 aliphatic heterocycles. The molecule has 1 atom stereocenters. The molecule has 2 heterocycles. The highest BCUT2D eigenvalue weighted by atomic mass is 32.2. The van der Waals surface area contributed by atoms with Gasteiger partial charge >= 0.3 is 0 Å². The number of nitro benzene ring substituents is 1. The van der Waals surface area contributed by atoms with Gasteiger partial charge in [-0.25, -0.2) is 8.42 Å². The SMILES string of the molecule is Cc1ccc([N+](=O)[O-])cc1S(=O)(=O)N1CCC(C(=O)N2CCC(C)c3ccccc32)CC1. The van der Waals surface area contributed by atoms with Crippen molar-refractivity contribution in [3.63, 3.8) is 0 Å². The Hall–Kier alpha value is -2.78. The monoisotopic (exact) mass is 457 g/mol. The fourth-order valence-electron chi connectivity index (χ4n) is 4.66. The van der Waals surface area contributed by atoms with Crippen LogP contribution in [-0.2, 0) is 14.8 Å². The molecule has 1 unspecified atom stereocenters. The zero-order chi connectivity index (χ0) is 23.0. The van der Waals surface area contributed by atoms with Crippen LogP contribution >= 0.6 is 0 Å². The van der Waals surface area contributed by atoms with Gasteiger partial charge in [0.15, 0.2) is 0 Å². The molecule has 0 saturated carbocycles. The molecule has 0 aromatic heterocycles. The van der Waals surface area contributed by atoms with Crippen molar-refractivity contribution in [1.82, 2.24) is 4.31 Å². The van der Waals surface area contributed by atoms with E-state index in [2.05, 4.69) is 13.0 Å². The van der Waals surface area contributed by atoms with Crippen molar-refractivity contribution in [2.24, 2.45) is 5.92 Å². The summed E-state index contributed by atoms with van der Waals surface area (Å²) in [7, 11) is -3.87. The van der Waals surface area contributed by atoms with Crippen LogP contribution in [0, 0.1) is 23.0 Å². The molecule has 170 valence electrons. The zero-order valence-electron chi connectivity index (χ0n) is 18.2. The van der Waals surface area contributed by atoms with Crippen molar-refractivity contribution < 1.29 is 18.1 Å². The number of hydrogen-bond donors (Lipinski definition) is 0. The number of non-ortho nitro benzene ring substituents is 1. The number of fused-ring (bicyclic) bond motifs is 1. The maximum Gasteiger partial charge on any atom is 0.270 e. The van der Waals surface area contributed by atoms with Gasteiger partial charge in [-0.05, 0) is 49.3 Å². The third-order valence-electron chi connectivity index (χ3n) is 6.61. The number of aryl methyl sites for hydroxylation is 1. The molecule has 0 radical (unpaired) electrons. The van der Waals surface area contributed by atoms with Crippen LogP contribution in [0.3, 0.4) is 0 Å². The second kappa shape index (κ2) is 8.63. The number of benzene rings is 2. The third-order valence-corrected chi connectivity index (χ3v) is 8.65. The van der Waals surface area contributed by atoms with Crippen molar-refractivity contribution in [3.8, 4) is 0 Å². The fraction of sp³-hybridized carbons (Fsp3) is 0.435. The Morgan fingerprint density at radius 3 is 2.44 bits per heavy atom. The Morgan fingerprint density at radius 1 is 1.06 bits per heavy atom. The molecule has 2 aromatic rings. The summed E-state index contributed by atoms with van der Waals surface area (Å²) in [6.45, 7) is 4.89. The lowest BCUT2D eigenvalue weighted by atomic mass is 9.89. The van der Waals surface area contributed by atoms with E-state index in [0.29, 0.717) is 30.9 Å². The van der Waals surface area contributed by atoms with E-state index in [1.165, 1.54) is 22.0 Å². The fourth-order valence-corrected chi connectivity index (χ4v) is 6.37. The van der Waals surface area contributed by atoms with Crippen LogP contribution in [-0.4, -0.2) is 43.2 Å². The number of nitro groups is 1. The maximum absolute atomic E-state index is 13.3. The summed E-state index contributed by atoms with van der Waals surface area (Å²) in [6, 6.07) is 11.8. The Balaban J connectivity index is 1.49. The molecule has 0 aliphatic carbocycles. The Kier molecular flexibility index (Phi) is 6.05. The molecule has 32 heavy (non-hydrogen) atoms. The lowest BCUT2D eigenvalue weighted by molar-refractivity contribution is -0.385. The topological polar surface area (TPSA) is 101 Å². The van der Waals surface area contributed by atoms with Gasteiger partial charge in [0, 0.05) is 43.4 Å². The van der Waals surface area contributed by atoms with Crippen molar-refractivity contribution in [3.05, 3.63) is 63.7 Å². The van der Waals surface area contributed by atoms with E-state index in [0.717, 1.165) is 18.2 Å².